The number of Topliss-reactive ketones (excluding diaryl/α,β-unsaturated/α-hetero) is 3. The summed E-state index contributed by atoms with van der Waals surface area (Å²) in [6.45, 7) is 0. The molecule has 40 heavy (non-hydrogen) atoms. The Labute approximate surface area is 239 Å². The van der Waals surface area contributed by atoms with Crippen LogP contribution in [0.1, 0.15) is 48.1 Å². The van der Waals surface area contributed by atoms with E-state index in [0.29, 0.717) is 43.5 Å². The molecule has 4 nitrogen and oxygen atoms in total. The standard InChI is InChI=1S/C33H20Cl2FNO3/c34-20-12-9-18(10-13-20)30(38)29-28(24-7-3-4-8-25(24)35)33(31(39)22-5-1-2-6-23(22)32(33)40)27-16-11-19-17-21(36)14-15-26(19)37(27)29/h1-17,27-29H/t27-,28-,29+/m0/s1. The summed E-state index contributed by atoms with van der Waals surface area (Å²) in [4.78, 5) is 45.6. The molecule has 0 amide bonds. The van der Waals surface area contributed by atoms with Crippen LogP contribution in [-0.2, 0) is 0 Å². The van der Waals surface area contributed by atoms with Gasteiger partial charge in [-0.05, 0) is 54.1 Å². The van der Waals surface area contributed by atoms with Crippen molar-refractivity contribution in [1.29, 1.82) is 0 Å². The summed E-state index contributed by atoms with van der Waals surface area (Å²) in [6, 6.07) is 22.8. The Morgan fingerprint density at radius 2 is 1.48 bits per heavy atom. The number of anilines is 1. The van der Waals surface area contributed by atoms with E-state index in [1.807, 2.05) is 4.90 Å². The lowest BCUT2D eigenvalue weighted by Crippen LogP contribution is -2.48. The predicted octanol–water partition coefficient (Wildman–Crippen LogP) is 7.45. The molecule has 0 aromatic heterocycles. The molecule has 1 fully saturated rings. The fourth-order valence-electron chi connectivity index (χ4n) is 6.80. The van der Waals surface area contributed by atoms with Crippen molar-refractivity contribution >= 4 is 52.3 Å². The fraction of sp³-hybridized carbons (Fsp3) is 0.121. The van der Waals surface area contributed by atoms with Crippen LogP contribution in [0.15, 0.2) is 97.1 Å². The Kier molecular flexibility index (Phi) is 5.60. The highest BCUT2D eigenvalue weighted by Crippen LogP contribution is 2.61. The SMILES string of the molecule is O=C(c1ccc(Cl)cc1)[C@H]1[C@H](c2ccccc2Cl)C2(C(=O)c3ccccc3C2=O)[C@@H]2C=Cc3cc(F)ccc3N21. The zero-order chi connectivity index (χ0) is 27.8. The average molecular weight is 568 g/mol. The summed E-state index contributed by atoms with van der Waals surface area (Å²) in [7, 11) is 0. The first-order valence-electron chi connectivity index (χ1n) is 12.8. The van der Waals surface area contributed by atoms with Crippen molar-refractivity contribution in [3.05, 3.63) is 141 Å². The van der Waals surface area contributed by atoms with Crippen molar-refractivity contribution in [1.82, 2.24) is 0 Å². The zero-order valence-electron chi connectivity index (χ0n) is 20.9. The van der Waals surface area contributed by atoms with E-state index in [1.54, 1.807) is 91.0 Å². The molecule has 0 radical (unpaired) electrons. The summed E-state index contributed by atoms with van der Waals surface area (Å²) < 4.78 is 14.3. The van der Waals surface area contributed by atoms with E-state index in [1.165, 1.54) is 12.1 Å². The summed E-state index contributed by atoms with van der Waals surface area (Å²) >= 11 is 12.9. The summed E-state index contributed by atoms with van der Waals surface area (Å²) in [5.41, 5.74) is 0.977. The molecular formula is C33H20Cl2FNO3. The van der Waals surface area contributed by atoms with Gasteiger partial charge in [-0.2, -0.15) is 0 Å². The highest BCUT2D eigenvalue weighted by atomic mass is 35.5. The van der Waals surface area contributed by atoms with Gasteiger partial charge in [-0.1, -0.05) is 77.8 Å². The van der Waals surface area contributed by atoms with E-state index >= 15 is 0 Å². The largest absolute Gasteiger partial charge is 0.352 e. The van der Waals surface area contributed by atoms with E-state index in [-0.39, 0.29) is 17.3 Å². The lowest BCUT2D eigenvalue weighted by Gasteiger charge is -2.37. The van der Waals surface area contributed by atoms with Gasteiger partial charge >= 0.3 is 0 Å². The predicted molar refractivity (Wildman–Crippen MR) is 153 cm³/mol. The van der Waals surface area contributed by atoms with Crippen molar-refractivity contribution in [3.8, 4) is 0 Å². The molecule has 2 heterocycles. The van der Waals surface area contributed by atoms with E-state index in [2.05, 4.69) is 0 Å². The maximum absolute atomic E-state index is 14.6. The quantitative estimate of drug-likeness (QED) is 0.190. The van der Waals surface area contributed by atoms with Crippen LogP contribution in [0.25, 0.3) is 6.08 Å². The van der Waals surface area contributed by atoms with Gasteiger partial charge in [-0.15, -0.1) is 0 Å². The molecular weight excluding hydrogens is 548 g/mol. The Balaban J connectivity index is 1.56. The Morgan fingerprint density at radius 3 is 2.15 bits per heavy atom. The van der Waals surface area contributed by atoms with E-state index in [9.17, 15) is 18.8 Å². The molecule has 7 rings (SSSR count). The number of ketones is 3. The summed E-state index contributed by atoms with van der Waals surface area (Å²) in [5.74, 6) is -2.38. The second kappa shape index (κ2) is 8.98. The van der Waals surface area contributed by atoms with Crippen molar-refractivity contribution < 1.29 is 18.8 Å². The molecule has 0 N–H and O–H groups in total. The number of halogens is 3. The molecule has 1 spiro atoms. The van der Waals surface area contributed by atoms with Crippen LogP contribution in [0, 0.1) is 11.2 Å². The number of fused-ring (bicyclic) bond motifs is 5. The van der Waals surface area contributed by atoms with Crippen molar-refractivity contribution in [2.24, 2.45) is 5.41 Å². The third-order valence-corrected chi connectivity index (χ3v) is 9.00. The second-order valence-corrected chi connectivity index (χ2v) is 11.1. The third-order valence-electron chi connectivity index (χ3n) is 8.40. The molecule has 4 aromatic rings. The molecule has 1 aliphatic carbocycles. The first kappa shape index (κ1) is 24.9. The molecule has 3 aliphatic rings. The van der Waals surface area contributed by atoms with Gasteiger partial charge in [0.05, 0.1) is 6.04 Å². The van der Waals surface area contributed by atoms with E-state index < -0.39 is 29.2 Å². The molecule has 0 saturated carbocycles. The Bertz CT molecular complexity index is 1750. The minimum atomic E-state index is -1.68. The molecule has 2 aliphatic heterocycles. The maximum atomic E-state index is 14.6. The molecule has 196 valence electrons. The van der Waals surface area contributed by atoms with Crippen molar-refractivity contribution in [2.75, 3.05) is 4.90 Å². The lowest BCUT2D eigenvalue weighted by molar-refractivity contribution is 0.0666. The molecule has 3 atom stereocenters. The first-order chi connectivity index (χ1) is 19.3. The molecule has 0 unspecified atom stereocenters. The van der Waals surface area contributed by atoms with Crippen LogP contribution in [0.4, 0.5) is 10.1 Å². The van der Waals surface area contributed by atoms with E-state index in [0.717, 1.165) is 0 Å². The van der Waals surface area contributed by atoms with Gasteiger partial charge in [0.2, 0.25) is 0 Å². The van der Waals surface area contributed by atoms with E-state index in [4.69, 9.17) is 23.2 Å². The van der Waals surface area contributed by atoms with Crippen LogP contribution in [0.2, 0.25) is 10.0 Å². The minimum absolute atomic E-state index is 0.300. The Hall–Kier alpha value is -4.06. The highest BCUT2D eigenvalue weighted by Gasteiger charge is 2.71. The number of carbonyl (C=O) groups is 3. The minimum Gasteiger partial charge on any atom is -0.352 e. The third kappa shape index (κ3) is 3.28. The van der Waals surface area contributed by atoms with Crippen LogP contribution >= 0.6 is 23.2 Å². The molecule has 4 aromatic carbocycles. The summed E-state index contributed by atoms with van der Waals surface area (Å²) in [6.07, 6.45) is 3.48. The van der Waals surface area contributed by atoms with Gasteiger partial charge in [-0.3, -0.25) is 14.4 Å². The Morgan fingerprint density at radius 1 is 0.825 bits per heavy atom. The van der Waals surface area contributed by atoms with Gasteiger partial charge in [-0.25, -0.2) is 4.39 Å². The van der Waals surface area contributed by atoms with Crippen LogP contribution in [-0.4, -0.2) is 29.4 Å². The van der Waals surface area contributed by atoms with Gasteiger partial charge in [0.15, 0.2) is 17.3 Å². The van der Waals surface area contributed by atoms with Gasteiger partial charge in [0, 0.05) is 43.9 Å². The first-order valence-corrected chi connectivity index (χ1v) is 13.6. The van der Waals surface area contributed by atoms with Crippen LogP contribution < -0.4 is 4.90 Å². The van der Waals surface area contributed by atoms with Crippen LogP contribution in [0.3, 0.4) is 0 Å². The number of rotatable bonds is 3. The normalized spacial score (nSPS) is 21.9. The lowest BCUT2D eigenvalue weighted by atomic mass is 9.64. The van der Waals surface area contributed by atoms with Crippen molar-refractivity contribution in [3.63, 3.8) is 0 Å². The maximum Gasteiger partial charge on any atom is 0.185 e. The number of carbonyl (C=O) groups excluding carboxylic acids is 3. The zero-order valence-corrected chi connectivity index (χ0v) is 22.4. The molecule has 7 heteroatoms. The van der Waals surface area contributed by atoms with Crippen LogP contribution in [0.5, 0.6) is 0 Å². The second-order valence-electron chi connectivity index (χ2n) is 10.3. The fourth-order valence-corrected chi connectivity index (χ4v) is 7.18. The average Bonchev–Trinajstić information content (AvgIpc) is 3.39. The monoisotopic (exact) mass is 567 g/mol. The smallest absolute Gasteiger partial charge is 0.185 e. The van der Waals surface area contributed by atoms with Gasteiger partial charge < -0.3 is 4.90 Å². The number of hydrogen-bond donors (Lipinski definition) is 0. The number of benzene rings is 4. The number of hydrogen-bond acceptors (Lipinski definition) is 4. The summed E-state index contributed by atoms with van der Waals surface area (Å²) in [5, 5.41) is 0.818. The van der Waals surface area contributed by atoms with Gasteiger partial charge in [0.25, 0.3) is 0 Å². The van der Waals surface area contributed by atoms with Crippen molar-refractivity contribution in [2.45, 2.75) is 18.0 Å². The number of nitrogens with zero attached hydrogens (tertiary/aromatic N) is 1. The topological polar surface area (TPSA) is 54.5 Å². The molecule has 1 saturated heterocycles. The highest BCUT2D eigenvalue weighted by molar-refractivity contribution is 6.34. The van der Waals surface area contributed by atoms with Gasteiger partial charge in [0.1, 0.15) is 17.3 Å². The molecule has 0 bridgehead atoms.